The molecule has 20 heavy (non-hydrogen) atoms. The molecule has 0 bridgehead atoms. The summed E-state index contributed by atoms with van der Waals surface area (Å²) in [6.07, 6.45) is 2.21. The molecule has 0 saturated carbocycles. The van der Waals surface area contributed by atoms with E-state index in [1.807, 2.05) is 22.2 Å². The molecular weight excluding hydrogens is 250 g/mol. The SMILES string of the molecule is CCCCN1N=NN2C1=Nc1cccc3cccc2c13. The Morgan fingerprint density at radius 2 is 1.90 bits per heavy atom. The van der Waals surface area contributed by atoms with E-state index in [4.69, 9.17) is 4.99 Å². The van der Waals surface area contributed by atoms with E-state index in [2.05, 4.69) is 41.6 Å². The topological polar surface area (TPSA) is 43.6 Å². The van der Waals surface area contributed by atoms with Gasteiger partial charge in [0, 0.05) is 11.9 Å². The molecule has 0 N–H and O–H groups in total. The first-order chi connectivity index (χ1) is 9.88. The summed E-state index contributed by atoms with van der Waals surface area (Å²) in [6.45, 7) is 3.02. The molecule has 0 unspecified atom stereocenters. The van der Waals surface area contributed by atoms with Crippen molar-refractivity contribution >= 4 is 28.1 Å². The minimum atomic E-state index is 0.810. The Hall–Kier alpha value is -2.43. The number of rotatable bonds is 3. The van der Waals surface area contributed by atoms with E-state index in [1.54, 1.807) is 0 Å². The Kier molecular flexibility index (Phi) is 2.45. The number of anilines is 1. The van der Waals surface area contributed by atoms with Crippen LogP contribution in [0.5, 0.6) is 0 Å². The molecule has 0 aromatic heterocycles. The van der Waals surface area contributed by atoms with Crippen LogP contribution in [0.3, 0.4) is 0 Å². The van der Waals surface area contributed by atoms with Gasteiger partial charge in [0.2, 0.25) is 0 Å². The van der Waals surface area contributed by atoms with Gasteiger partial charge in [-0.15, -0.1) is 0 Å². The third-order valence-electron chi connectivity index (χ3n) is 3.69. The van der Waals surface area contributed by atoms with Crippen molar-refractivity contribution in [3.8, 4) is 0 Å². The van der Waals surface area contributed by atoms with E-state index in [1.165, 1.54) is 5.39 Å². The number of fused-ring (bicyclic) bond motifs is 2. The van der Waals surface area contributed by atoms with E-state index in [9.17, 15) is 0 Å². The Balaban J connectivity index is 1.86. The van der Waals surface area contributed by atoms with Crippen LogP contribution >= 0.6 is 0 Å². The zero-order valence-corrected chi connectivity index (χ0v) is 11.3. The van der Waals surface area contributed by atoms with Gasteiger partial charge >= 0.3 is 0 Å². The van der Waals surface area contributed by atoms with E-state index < -0.39 is 0 Å². The maximum atomic E-state index is 4.74. The molecule has 2 aliphatic rings. The fourth-order valence-electron chi connectivity index (χ4n) is 2.67. The van der Waals surface area contributed by atoms with Crippen LogP contribution in [0.15, 0.2) is 51.8 Å². The van der Waals surface area contributed by atoms with Crippen LogP contribution in [0.1, 0.15) is 19.8 Å². The molecule has 0 spiro atoms. The molecule has 100 valence electrons. The first kappa shape index (κ1) is 11.4. The third-order valence-corrected chi connectivity index (χ3v) is 3.69. The van der Waals surface area contributed by atoms with E-state index in [0.29, 0.717) is 0 Å². The smallest absolute Gasteiger partial charge is 0.211 e. The predicted molar refractivity (Wildman–Crippen MR) is 80.0 cm³/mol. The number of hydrogen-bond acceptors (Lipinski definition) is 5. The monoisotopic (exact) mass is 265 g/mol. The summed E-state index contributed by atoms with van der Waals surface area (Å²) >= 11 is 0. The summed E-state index contributed by atoms with van der Waals surface area (Å²) < 4.78 is 0. The molecule has 0 aliphatic carbocycles. The first-order valence-electron chi connectivity index (χ1n) is 6.98. The highest BCUT2D eigenvalue weighted by Gasteiger charge is 2.31. The normalized spacial score (nSPS) is 15.8. The molecule has 2 aromatic rings. The van der Waals surface area contributed by atoms with Crippen LogP contribution < -0.4 is 5.01 Å². The van der Waals surface area contributed by atoms with Gasteiger partial charge in [-0.05, 0) is 34.4 Å². The maximum absolute atomic E-state index is 4.74. The zero-order chi connectivity index (χ0) is 13.5. The first-order valence-corrected chi connectivity index (χ1v) is 6.98. The Bertz CT molecular complexity index is 729. The Morgan fingerprint density at radius 1 is 1.05 bits per heavy atom. The van der Waals surface area contributed by atoms with Crippen molar-refractivity contribution in [3.05, 3.63) is 36.4 Å². The second-order valence-corrected chi connectivity index (χ2v) is 5.03. The minimum Gasteiger partial charge on any atom is -0.211 e. The van der Waals surface area contributed by atoms with Crippen LogP contribution in [-0.4, -0.2) is 17.5 Å². The maximum Gasteiger partial charge on any atom is 0.251 e. The Morgan fingerprint density at radius 3 is 2.75 bits per heavy atom. The molecule has 2 aromatic carbocycles. The fourth-order valence-corrected chi connectivity index (χ4v) is 2.67. The zero-order valence-electron chi connectivity index (χ0n) is 11.3. The van der Waals surface area contributed by atoms with Gasteiger partial charge in [-0.2, -0.15) is 5.01 Å². The molecule has 0 radical (unpaired) electrons. The summed E-state index contributed by atoms with van der Waals surface area (Å²) in [7, 11) is 0. The summed E-state index contributed by atoms with van der Waals surface area (Å²) in [4.78, 5) is 4.74. The number of unbranched alkanes of at least 4 members (excludes halogenated alkanes) is 1. The lowest BCUT2D eigenvalue weighted by molar-refractivity contribution is 0.426. The van der Waals surface area contributed by atoms with Crippen LogP contribution in [0, 0.1) is 0 Å². The van der Waals surface area contributed by atoms with Crippen molar-refractivity contribution < 1.29 is 0 Å². The molecule has 4 rings (SSSR count). The van der Waals surface area contributed by atoms with Crippen molar-refractivity contribution in [3.63, 3.8) is 0 Å². The lowest BCUT2D eigenvalue weighted by atomic mass is 10.1. The number of nitrogens with zero attached hydrogens (tertiary/aromatic N) is 5. The summed E-state index contributed by atoms with van der Waals surface area (Å²) in [6, 6.07) is 12.4. The standard InChI is InChI=1S/C15H15N5/c1-2-3-10-19-15-16-12-8-4-6-11-7-5-9-13(14(11)12)20(15)18-17-19/h4-9H,2-3,10H2,1H3. The molecule has 2 aliphatic heterocycles. The molecule has 2 heterocycles. The van der Waals surface area contributed by atoms with E-state index >= 15 is 0 Å². The van der Waals surface area contributed by atoms with Gasteiger partial charge in [-0.1, -0.05) is 37.6 Å². The highest BCUT2D eigenvalue weighted by molar-refractivity contribution is 6.14. The molecule has 5 nitrogen and oxygen atoms in total. The van der Waals surface area contributed by atoms with Crippen molar-refractivity contribution in [1.82, 2.24) is 5.01 Å². The molecule has 0 saturated heterocycles. The number of benzene rings is 2. The number of hydrogen-bond donors (Lipinski definition) is 0. The lowest BCUT2D eigenvalue weighted by Gasteiger charge is -2.24. The minimum absolute atomic E-state index is 0.810. The van der Waals surface area contributed by atoms with E-state index in [0.717, 1.165) is 42.1 Å². The van der Waals surface area contributed by atoms with Crippen LogP contribution in [-0.2, 0) is 0 Å². The predicted octanol–water partition coefficient (Wildman–Crippen LogP) is 4.05. The van der Waals surface area contributed by atoms with Crippen LogP contribution in [0.4, 0.5) is 11.4 Å². The lowest BCUT2D eigenvalue weighted by Crippen LogP contribution is -2.34. The second kappa shape index (κ2) is 4.30. The van der Waals surface area contributed by atoms with Gasteiger partial charge in [-0.25, -0.2) is 10.0 Å². The highest BCUT2D eigenvalue weighted by Crippen LogP contribution is 2.40. The van der Waals surface area contributed by atoms with Gasteiger partial charge < -0.3 is 0 Å². The second-order valence-electron chi connectivity index (χ2n) is 5.03. The highest BCUT2D eigenvalue weighted by atomic mass is 15.8. The average molecular weight is 265 g/mol. The Labute approximate surface area is 117 Å². The van der Waals surface area contributed by atoms with Crippen molar-refractivity contribution in [2.24, 2.45) is 15.4 Å². The van der Waals surface area contributed by atoms with Crippen molar-refractivity contribution in [1.29, 1.82) is 0 Å². The quantitative estimate of drug-likeness (QED) is 0.840. The third kappa shape index (κ3) is 1.52. The molecule has 0 fully saturated rings. The molecule has 0 amide bonds. The largest absolute Gasteiger partial charge is 0.251 e. The van der Waals surface area contributed by atoms with Gasteiger partial charge in [0.1, 0.15) is 0 Å². The average Bonchev–Trinajstić information content (AvgIpc) is 2.89. The summed E-state index contributed by atoms with van der Waals surface area (Å²) in [5.41, 5.74) is 2.06. The molecule has 5 heteroatoms. The van der Waals surface area contributed by atoms with Gasteiger partial charge in [0.05, 0.1) is 11.4 Å². The van der Waals surface area contributed by atoms with Crippen LogP contribution in [0.25, 0.3) is 10.8 Å². The van der Waals surface area contributed by atoms with E-state index in [-0.39, 0.29) is 0 Å². The number of guanidine groups is 1. The summed E-state index contributed by atoms with van der Waals surface area (Å²) in [5, 5.41) is 14.6. The van der Waals surface area contributed by atoms with Gasteiger partial charge in [0.15, 0.2) is 0 Å². The van der Waals surface area contributed by atoms with Gasteiger partial charge in [-0.3, -0.25) is 0 Å². The molecular formula is C15H15N5. The van der Waals surface area contributed by atoms with Crippen molar-refractivity contribution in [2.75, 3.05) is 11.6 Å². The summed E-state index contributed by atoms with van der Waals surface area (Å²) in [5.74, 6) is 0.810. The van der Waals surface area contributed by atoms with Gasteiger partial charge in [0.25, 0.3) is 5.96 Å². The molecule has 0 atom stereocenters. The van der Waals surface area contributed by atoms with Crippen molar-refractivity contribution in [2.45, 2.75) is 19.8 Å². The fraction of sp³-hybridized carbons (Fsp3) is 0.267. The number of aliphatic imine (C=N–C) groups is 1. The van der Waals surface area contributed by atoms with Crippen LogP contribution in [0.2, 0.25) is 0 Å².